The lowest BCUT2D eigenvalue weighted by Crippen LogP contribution is -2.50. The van der Waals surface area contributed by atoms with Gasteiger partial charge in [0.2, 0.25) is 11.6 Å². The van der Waals surface area contributed by atoms with E-state index in [1.807, 2.05) is 13.0 Å². The fourth-order valence-electron chi connectivity index (χ4n) is 11.8. The molecule has 4 aromatic rings. The quantitative estimate of drug-likeness (QED) is 0.0116. The molecule has 14 nitrogen and oxygen atoms in total. The fourth-order valence-corrected chi connectivity index (χ4v) is 17.3. The van der Waals surface area contributed by atoms with Gasteiger partial charge in [0.05, 0.1) is 34.7 Å². The van der Waals surface area contributed by atoms with E-state index in [-0.39, 0.29) is 61.0 Å². The van der Waals surface area contributed by atoms with Crippen molar-refractivity contribution in [3.63, 3.8) is 0 Å². The zero-order valence-electron chi connectivity index (χ0n) is 48.8. The van der Waals surface area contributed by atoms with E-state index in [0.29, 0.717) is 46.5 Å². The lowest BCUT2D eigenvalue weighted by atomic mass is 9.64. The number of benzene rings is 4. The zero-order chi connectivity index (χ0) is 61.6. The SMILES string of the molecule is O=S(=O)([O-])[S+](c1ccccc1)c1ccccc1.[C-]#[N+]C(C)(CCC(=O)OCC1CC(C)CC1C)CC(C)(CC(C)(CC(C)(SC(=S)c1ccccc1)C(=O)OC1CCOC1=O)C(=O)OC1(CC)CCCC1)C(=O)OCC(F)(F)c1ccccc1. The van der Waals surface area contributed by atoms with Gasteiger partial charge in [0, 0.05) is 31.7 Å². The van der Waals surface area contributed by atoms with Crippen LogP contribution in [0.25, 0.3) is 4.85 Å². The highest BCUT2D eigenvalue weighted by atomic mass is 33.2. The molecule has 3 fully saturated rings. The van der Waals surface area contributed by atoms with Gasteiger partial charge < -0.3 is 33.1 Å². The van der Waals surface area contributed by atoms with Crippen molar-refractivity contribution in [1.82, 2.24) is 0 Å². The Morgan fingerprint density at radius 1 is 0.798 bits per heavy atom. The third-order valence-electron chi connectivity index (χ3n) is 16.2. The summed E-state index contributed by atoms with van der Waals surface area (Å²) in [5.41, 5.74) is -5.78. The Morgan fingerprint density at radius 3 is 1.85 bits per heavy atom. The summed E-state index contributed by atoms with van der Waals surface area (Å²) in [6.07, 6.45) is 2.79. The average molecular weight is 1230 g/mol. The molecule has 84 heavy (non-hydrogen) atoms. The summed E-state index contributed by atoms with van der Waals surface area (Å²) in [5.74, 6) is -6.41. The molecule has 2 saturated carbocycles. The van der Waals surface area contributed by atoms with Crippen molar-refractivity contribution in [2.45, 2.75) is 170 Å². The molecule has 4 aromatic carbocycles. The fraction of sp³-hybridized carbons (Fsp3) is 0.516. The third-order valence-corrected chi connectivity index (χ3v) is 22.1. The summed E-state index contributed by atoms with van der Waals surface area (Å²) in [5, 5.41) is 0. The highest BCUT2D eigenvalue weighted by Gasteiger charge is 2.57. The van der Waals surface area contributed by atoms with Gasteiger partial charge in [-0.25, -0.2) is 11.4 Å². The molecule has 2 aliphatic carbocycles. The minimum absolute atomic E-state index is 0.0481. The topological polar surface area (TPSA) is 193 Å². The van der Waals surface area contributed by atoms with Gasteiger partial charge in [-0.15, -0.1) is 0 Å². The highest BCUT2D eigenvalue weighted by Crippen LogP contribution is 2.52. The van der Waals surface area contributed by atoms with Crippen molar-refractivity contribution in [3.05, 3.63) is 144 Å². The van der Waals surface area contributed by atoms with Gasteiger partial charge in [0.1, 0.15) is 10.3 Å². The summed E-state index contributed by atoms with van der Waals surface area (Å²) in [4.78, 5) is 75.5. The average Bonchev–Trinajstić information content (AvgIpc) is 2.07. The van der Waals surface area contributed by atoms with E-state index >= 15 is 13.6 Å². The maximum atomic E-state index is 15.7. The van der Waals surface area contributed by atoms with E-state index in [0.717, 1.165) is 37.4 Å². The Bertz CT molecular complexity index is 3020. The van der Waals surface area contributed by atoms with Crippen molar-refractivity contribution in [1.29, 1.82) is 0 Å². The second-order valence-corrected chi connectivity index (χ2v) is 30.4. The number of cyclic esters (lactones) is 1. The van der Waals surface area contributed by atoms with E-state index in [1.54, 1.807) is 112 Å². The van der Waals surface area contributed by atoms with Crippen molar-refractivity contribution < 1.29 is 69.4 Å². The number of thiocarbonyl (C=S) groups is 1. The standard InChI is InChI=1S/C52H67F2NO10S2.C12H10O3S2/c1-9-51(24-16-17-25-51)65-45(59)48(5,33-50(7,46(60)64-40-23-27-61-42(40)57)67-43(66)37-18-12-10-13-19-37)31-47(4,44(58)63-34-52(53,54)39-20-14-11-15-21-39)32-49(6,55-8)26-22-41(56)62-30-38-29-35(2)28-36(38)3;13-17(14,15)16(11-7-3-1-4-8-11)12-9-5-2-6-10-12/h10-15,18-21,35-36,38,40H,9,16-17,22-34H2,1-7H3;1-10H. The van der Waals surface area contributed by atoms with Crippen molar-refractivity contribution in [2.75, 3.05) is 19.8 Å². The molecule has 1 heterocycles. The number of nitrogens with zero attached hydrogens (tertiary/aromatic N) is 1. The van der Waals surface area contributed by atoms with Crippen LogP contribution in [0.4, 0.5) is 8.78 Å². The number of carbonyl (C=O) groups excluding carboxylic acids is 5. The van der Waals surface area contributed by atoms with Crippen molar-refractivity contribution in [3.8, 4) is 0 Å². The van der Waals surface area contributed by atoms with Gasteiger partial charge >= 0.3 is 35.8 Å². The molecule has 7 rings (SSSR count). The third kappa shape index (κ3) is 18.2. The van der Waals surface area contributed by atoms with E-state index in [4.69, 9.17) is 42.5 Å². The maximum Gasteiger partial charge on any atom is 0.347 e. The minimum Gasteiger partial charge on any atom is -0.706 e. The molecule has 0 bridgehead atoms. The van der Waals surface area contributed by atoms with E-state index in [1.165, 1.54) is 31.2 Å². The Hall–Kier alpha value is -5.72. The predicted octanol–water partition coefficient (Wildman–Crippen LogP) is 13.4. The number of ether oxygens (including phenoxy) is 5. The number of thioether (sulfide) groups is 1. The van der Waals surface area contributed by atoms with Crippen LogP contribution in [0.3, 0.4) is 0 Å². The van der Waals surface area contributed by atoms with E-state index < -0.39 is 101 Å². The Balaban J connectivity index is 0.000000565. The van der Waals surface area contributed by atoms with Crippen LogP contribution in [0.1, 0.15) is 143 Å². The van der Waals surface area contributed by atoms with Crippen molar-refractivity contribution >= 4 is 77.1 Å². The van der Waals surface area contributed by atoms with Gasteiger partial charge in [0.25, 0.3) is 9.15 Å². The molecule has 0 aromatic heterocycles. The van der Waals surface area contributed by atoms with Gasteiger partial charge in [-0.2, -0.15) is 17.2 Å². The van der Waals surface area contributed by atoms with Gasteiger partial charge in [0.15, 0.2) is 26.3 Å². The second kappa shape index (κ2) is 29.1. The lowest BCUT2D eigenvalue weighted by molar-refractivity contribution is -0.181. The first-order valence-corrected chi connectivity index (χ1v) is 32.8. The molecule has 8 atom stereocenters. The number of carbonyl (C=O) groups is 5. The molecule has 8 unspecified atom stereocenters. The van der Waals surface area contributed by atoms with Crippen molar-refractivity contribution in [2.24, 2.45) is 28.6 Å². The molecule has 0 spiro atoms. The number of halogens is 2. The highest BCUT2D eigenvalue weighted by molar-refractivity contribution is 8.67. The summed E-state index contributed by atoms with van der Waals surface area (Å²) in [6, 6.07) is 32.9. The number of alkyl halides is 2. The Morgan fingerprint density at radius 2 is 1.35 bits per heavy atom. The summed E-state index contributed by atoms with van der Waals surface area (Å²) >= 11 is 6.85. The summed E-state index contributed by atoms with van der Waals surface area (Å²) in [6.45, 7) is 19.7. The number of rotatable bonds is 25. The molecule has 0 amide bonds. The molecule has 0 N–H and O–H groups in total. The van der Waals surface area contributed by atoms with Crippen LogP contribution in [0.15, 0.2) is 131 Å². The zero-order valence-corrected chi connectivity index (χ0v) is 52.1. The first kappa shape index (κ1) is 67.4. The molecule has 20 heteroatoms. The summed E-state index contributed by atoms with van der Waals surface area (Å²) < 4.78 is 92.9. The number of esters is 5. The van der Waals surface area contributed by atoms with Gasteiger partial charge in [-0.05, 0) is 126 Å². The molecule has 1 aliphatic heterocycles. The second-order valence-electron chi connectivity index (χ2n) is 23.7. The lowest BCUT2D eigenvalue weighted by Gasteiger charge is -2.43. The molecular weight excluding hydrogens is 1160 g/mol. The van der Waals surface area contributed by atoms with E-state index in [2.05, 4.69) is 18.7 Å². The van der Waals surface area contributed by atoms with Gasteiger partial charge in [-0.3, -0.25) is 19.2 Å². The van der Waals surface area contributed by atoms with Crippen LogP contribution >= 0.6 is 24.0 Å². The summed E-state index contributed by atoms with van der Waals surface area (Å²) in [7, 11) is -5.85. The van der Waals surface area contributed by atoms with Crippen LogP contribution in [-0.4, -0.2) is 88.8 Å². The van der Waals surface area contributed by atoms with Crippen LogP contribution in [-0.2, 0) is 72.7 Å². The minimum atomic E-state index is -4.39. The molecule has 0 radical (unpaired) electrons. The van der Waals surface area contributed by atoms with Gasteiger partial charge in [-0.1, -0.05) is 142 Å². The first-order chi connectivity index (χ1) is 39.6. The predicted molar refractivity (Wildman–Crippen MR) is 321 cm³/mol. The number of hydrogen-bond donors (Lipinski definition) is 0. The van der Waals surface area contributed by atoms with E-state index in [9.17, 15) is 32.1 Å². The Kier molecular flexibility index (Phi) is 23.4. The molecular formula is C64H77F2NO13S4. The Labute approximate surface area is 505 Å². The molecule has 1 saturated heterocycles. The monoisotopic (exact) mass is 1230 g/mol. The molecule has 3 aliphatic rings. The van der Waals surface area contributed by atoms with Crippen LogP contribution in [0.5, 0.6) is 0 Å². The maximum absolute atomic E-state index is 15.7. The largest absolute Gasteiger partial charge is 0.706 e. The normalized spacial score (nSPS) is 21.3. The van der Waals surface area contributed by atoms with Crippen LogP contribution < -0.4 is 0 Å². The first-order valence-electron chi connectivity index (χ1n) is 28.4. The smallest absolute Gasteiger partial charge is 0.347 e. The molecule has 454 valence electrons. The number of hydrogen-bond acceptors (Lipinski definition) is 15. The van der Waals surface area contributed by atoms with Crippen LogP contribution in [0.2, 0.25) is 0 Å². The van der Waals surface area contributed by atoms with Crippen LogP contribution in [0, 0.1) is 35.2 Å².